The number of rotatable bonds is 3. The van der Waals surface area contributed by atoms with Gasteiger partial charge in [-0.2, -0.15) is 9.61 Å². The number of nitrogens with zero attached hydrogens (tertiary/aromatic N) is 3. The first-order valence-electron chi connectivity index (χ1n) is 9.42. The largest absolute Gasteiger partial charge is 0.366 e. The zero-order valence-corrected chi connectivity index (χ0v) is 18.9. The minimum atomic E-state index is 0. The van der Waals surface area contributed by atoms with Gasteiger partial charge in [0, 0.05) is 22.5 Å². The summed E-state index contributed by atoms with van der Waals surface area (Å²) in [5.74, 6) is 1.02. The zero-order chi connectivity index (χ0) is 18.4. The molecule has 0 radical (unpaired) electrons. The van der Waals surface area contributed by atoms with Crippen molar-refractivity contribution in [3.05, 3.63) is 57.3 Å². The van der Waals surface area contributed by atoms with Crippen LogP contribution in [0.15, 0.2) is 30.5 Å². The summed E-state index contributed by atoms with van der Waals surface area (Å²) in [5, 5.41) is 12.9. The van der Waals surface area contributed by atoms with E-state index in [1.165, 1.54) is 16.8 Å². The lowest BCUT2D eigenvalue weighted by Crippen LogP contribution is -2.39. The molecule has 0 amide bonds. The minimum absolute atomic E-state index is 0. The normalized spacial score (nSPS) is 16.9. The number of piperidine rings is 1. The number of fused-ring (bicyclic) bond motifs is 3. The standard InChI is InChI=1S/C20H21Cl2N5.2ClH/c21-14-3-1-13(2-4-14)11-24-18-15-5-6-20(7-9-23-10-8-20)17(15)26-19-16(22)12-25-27(18)19;;/h1-4,12,23-24H,5-11H2;2*1H. The van der Waals surface area contributed by atoms with Gasteiger partial charge in [-0.05, 0) is 56.5 Å². The van der Waals surface area contributed by atoms with E-state index in [1.54, 1.807) is 6.20 Å². The van der Waals surface area contributed by atoms with E-state index in [0.29, 0.717) is 11.6 Å². The van der Waals surface area contributed by atoms with Crippen molar-refractivity contribution in [3.8, 4) is 0 Å². The number of nitrogens with one attached hydrogen (secondary N) is 2. The van der Waals surface area contributed by atoms with E-state index in [1.807, 2.05) is 28.8 Å². The molecule has 29 heavy (non-hydrogen) atoms. The van der Waals surface area contributed by atoms with Gasteiger partial charge in [-0.15, -0.1) is 24.8 Å². The predicted molar refractivity (Wildman–Crippen MR) is 123 cm³/mol. The summed E-state index contributed by atoms with van der Waals surface area (Å²) in [7, 11) is 0. The van der Waals surface area contributed by atoms with Crippen LogP contribution in [0.1, 0.15) is 36.1 Å². The lowest BCUT2D eigenvalue weighted by atomic mass is 9.77. The Morgan fingerprint density at radius 1 is 1.07 bits per heavy atom. The molecule has 2 aromatic heterocycles. The molecule has 1 aliphatic heterocycles. The molecule has 0 atom stereocenters. The molecule has 0 bridgehead atoms. The Bertz CT molecular complexity index is 996. The van der Waals surface area contributed by atoms with Crippen molar-refractivity contribution in [2.24, 2.45) is 0 Å². The minimum Gasteiger partial charge on any atom is -0.366 e. The summed E-state index contributed by atoms with van der Waals surface area (Å²) >= 11 is 12.4. The molecule has 1 aromatic carbocycles. The van der Waals surface area contributed by atoms with Crippen LogP contribution in [-0.2, 0) is 18.4 Å². The molecule has 9 heteroatoms. The van der Waals surface area contributed by atoms with Crippen molar-refractivity contribution in [1.29, 1.82) is 0 Å². The second-order valence-corrected chi connectivity index (χ2v) is 8.37. The molecular weight excluding hydrogens is 452 g/mol. The Labute approximate surface area is 192 Å². The molecule has 1 saturated heterocycles. The lowest BCUT2D eigenvalue weighted by molar-refractivity contribution is 0.301. The van der Waals surface area contributed by atoms with Crippen LogP contribution in [0.3, 0.4) is 0 Å². The number of halogens is 4. The van der Waals surface area contributed by atoms with Gasteiger partial charge in [-0.25, -0.2) is 4.98 Å². The number of aromatic nitrogens is 3. The first-order chi connectivity index (χ1) is 13.2. The van der Waals surface area contributed by atoms with Crippen LogP contribution in [0.2, 0.25) is 10.0 Å². The first kappa shape index (κ1) is 22.4. The Morgan fingerprint density at radius 3 is 2.52 bits per heavy atom. The fourth-order valence-corrected chi connectivity index (χ4v) is 4.81. The highest BCUT2D eigenvalue weighted by atomic mass is 35.5. The molecule has 2 N–H and O–H groups in total. The van der Waals surface area contributed by atoms with E-state index in [-0.39, 0.29) is 30.2 Å². The molecule has 3 heterocycles. The van der Waals surface area contributed by atoms with Crippen molar-refractivity contribution in [2.45, 2.75) is 37.6 Å². The van der Waals surface area contributed by atoms with Gasteiger partial charge in [0.1, 0.15) is 10.8 Å². The van der Waals surface area contributed by atoms with Crippen LogP contribution in [0.25, 0.3) is 5.65 Å². The first-order valence-corrected chi connectivity index (χ1v) is 10.2. The molecule has 3 aromatic rings. The van der Waals surface area contributed by atoms with Crippen molar-refractivity contribution in [2.75, 3.05) is 18.4 Å². The van der Waals surface area contributed by atoms with Crippen molar-refractivity contribution >= 4 is 59.5 Å². The van der Waals surface area contributed by atoms with Gasteiger partial charge in [0.2, 0.25) is 0 Å². The Kier molecular flexibility index (Phi) is 6.86. The molecule has 1 spiro atoms. The maximum atomic E-state index is 6.41. The number of anilines is 1. The fourth-order valence-electron chi connectivity index (χ4n) is 4.52. The molecular formula is C20H23Cl4N5. The Morgan fingerprint density at radius 2 is 1.79 bits per heavy atom. The zero-order valence-electron chi connectivity index (χ0n) is 15.8. The molecule has 5 rings (SSSR count). The maximum absolute atomic E-state index is 6.41. The highest BCUT2D eigenvalue weighted by Gasteiger charge is 2.43. The summed E-state index contributed by atoms with van der Waals surface area (Å²) in [4.78, 5) is 5.00. The van der Waals surface area contributed by atoms with E-state index in [2.05, 4.69) is 15.7 Å². The predicted octanol–water partition coefficient (Wildman–Crippen LogP) is 5.06. The van der Waals surface area contributed by atoms with Crippen LogP contribution in [0.5, 0.6) is 0 Å². The highest BCUT2D eigenvalue weighted by molar-refractivity contribution is 6.33. The summed E-state index contributed by atoms with van der Waals surface area (Å²) < 4.78 is 1.86. The van der Waals surface area contributed by atoms with Crippen LogP contribution < -0.4 is 10.6 Å². The van der Waals surface area contributed by atoms with Gasteiger partial charge in [-0.3, -0.25) is 0 Å². The smallest absolute Gasteiger partial charge is 0.176 e. The second-order valence-electron chi connectivity index (χ2n) is 7.53. The molecule has 0 saturated carbocycles. The molecule has 0 unspecified atom stereocenters. The highest BCUT2D eigenvalue weighted by Crippen LogP contribution is 2.46. The molecule has 1 fully saturated rings. The quantitative estimate of drug-likeness (QED) is 0.557. The molecule has 2 aliphatic rings. The summed E-state index contributed by atoms with van der Waals surface area (Å²) in [6.07, 6.45) is 6.12. The maximum Gasteiger partial charge on any atom is 0.176 e. The third-order valence-electron chi connectivity index (χ3n) is 5.99. The third kappa shape index (κ3) is 3.91. The average molecular weight is 475 g/mol. The van der Waals surface area contributed by atoms with E-state index in [9.17, 15) is 0 Å². The number of hydrogen-bond acceptors (Lipinski definition) is 4. The number of hydrogen-bond donors (Lipinski definition) is 2. The molecule has 156 valence electrons. The monoisotopic (exact) mass is 473 g/mol. The van der Waals surface area contributed by atoms with Gasteiger partial charge in [0.15, 0.2) is 5.65 Å². The van der Waals surface area contributed by atoms with E-state index in [4.69, 9.17) is 28.2 Å². The lowest BCUT2D eigenvalue weighted by Gasteiger charge is -2.34. The van der Waals surface area contributed by atoms with E-state index >= 15 is 0 Å². The van der Waals surface area contributed by atoms with Gasteiger partial charge < -0.3 is 10.6 Å². The van der Waals surface area contributed by atoms with Gasteiger partial charge in [0.25, 0.3) is 0 Å². The topological polar surface area (TPSA) is 54.2 Å². The van der Waals surface area contributed by atoms with Gasteiger partial charge in [-0.1, -0.05) is 35.3 Å². The van der Waals surface area contributed by atoms with Gasteiger partial charge in [0.05, 0.1) is 11.9 Å². The van der Waals surface area contributed by atoms with Crippen molar-refractivity contribution < 1.29 is 0 Å². The average Bonchev–Trinajstić information content (AvgIpc) is 3.23. The van der Waals surface area contributed by atoms with Crippen LogP contribution in [-0.4, -0.2) is 27.7 Å². The summed E-state index contributed by atoms with van der Waals surface area (Å²) in [6.45, 7) is 2.80. The van der Waals surface area contributed by atoms with Crippen molar-refractivity contribution in [3.63, 3.8) is 0 Å². The van der Waals surface area contributed by atoms with Gasteiger partial charge >= 0.3 is 0 Å². The van der Waals surface area contributed by atoms with E-state index in [0.717, 1.165) is 55.3 Å². The van der Waals surface area contributed by atoms with Crippen molar-refractivity contribution in [1.82, 2.24) is 19.9 Å². The molecule has 5 nitrogen and oxygen atoms in total. The Hall–Kier alpha value is -1.24. The number of benzene rings is 1. The van der Waals surface area contributed by atoms with E-state index < -0.39 is 0 Å². The molecule has 1 aliphatic carbocycles. The fraction of sp³-hybridized carbons (Fsp3) is 0.400. The summed E-state index contributed by atoms with van der Waals surface area (Å²) in [6, 6.07) is 7.91. The SMILES string of the molecule is Cl.Cl.Clc1ccc(CNc2c3c(nc4c(Cl)cnn24)C2(CCNCC2)CC3)cc1. The Balaban J connectivity index is 0.00000120. The summed E-state index contributed by atoms with van der Waals surface area (Å²) in [5.41, 5.74) is 4.60. The van der Waals surface area contributed by atoms with Crippen LogP contribution >= 0.6 is 48.0 Å². The third-order valence-corrected chi connectivity index (χ3v) is 6.51. The van der Waals surface area contributed by atoms with Crippen LogP contribution in [0.4, 0.5) is 5.82 Å². The van der Waals surface area contributed by atoms with Crippen LogP contribution in [0, 0.1) is 0 Å². The second kappa shape index (κ2) is 8.86.